The van der Waals surface area contributed by atoms with Crippen LogP contribution in [0, 0.1) is 11.8 Å². The van der Waals surface area contributed by atoms with Gasteiger partial charge in [0.05, 0.1) is 11.8 Å². The topological polar surface area (TPSA) is 83.7 Å². The second-order valence-corrected chi connectivity index (χ2v) is 4.62. The molecule has 0 radical (unpaired) electrons. The van der Waals surface area contributed by atoms with Crippen molar-refractivity contribution in [3.8, 4) is 0 Å². The maximum Gasteiger partial charge on any atom is 0.234 e. The molecule has 2 atom stereocenters. The molecule has 94 valence electrons. The number of likely N-dealkylation sites (tertiary alicyclic amines) is 2. The summed E-state index contributed by atoms with van der Waals surface area (Å²) in [5.74, 6) is -0.866. The summed E-state index contributed by atoms with van der Waals surface area (Å²) in [7, 11) is 1.51. The van der Waals surface area contributed by atoms with E-state index >= 15 is 0 Å². The van der Waals surface area contributed by atoms with Crippen LogP contribution in [0.3, 0.4) is 0 Å². The highest BCUT2D eigenvalue weighted by Crippen LogP contribution is 2.32. The maximum atomic E-state index is 11.8. The number of amides is 3. The van der Waals surface area contributed by atoms with Gasteiger partial charge in [-0.1, -0.05) is 0 Å². The Hall–Kier alpha value is -1.43. The van der Waals surface area contributed by atoms with E-state index in [2.05, 4.69) is 0 Å². The van der Waals surface area contributed by atoms with Crippen LogP contribution >= 0.6 is 0 Å². The molecule has 2 heterocycles. The molecule has 2 rings (SSSR count). The van der Waals surface area contributed by atoms with Gasteiger partial charge in [-0.15, -0.1) is 0 Å². The van der Waals surface area contributed by atoms with Gasteiger partial charge >= 0.3 is 0 Å². The number of piperidine rings is 1. The number of nitrogens with zero attached hydrogens (tertiary/aromatic N) is 2. The summed E-state index contributed by atoms with van der Waals surface area (Å²) in [6.45, 7) is 1.22. The summed E-state index contributed by atoms with van der Waals surface area (Å²) in [5.41, 5.74) is 5.34. The van der Waals surface area contributed by atoms with E-state index < -0.39 is 0 Å². The van der Waals surface area contributed by atoms with E-state index in [0.717, 1.165) is 0 Å². The predicted molar refractivity (Wildman–Crippen MR) is 59.6 cm³/mol. The van der Waals surface area contributed by atoms with Crippen LogP contribution in [-0.2, 0) is 14.4 Å². The highest BCUT2D eigenvalue weighted by molar-refractivity contribution is 6.05. The molecule has 0 aromatic rings. The van der Waals surface area contributed by atoms with Crippen LogP contribution in [0.25, 0.3) is 0 Å². The third-order valence-corrected chi connectivity index (χ3v) is 3.62. The summed E-state index contributed by atoms with van der Waals surface area (Å²) in [4.78, 5) is 38.1. The lowest BCUT2D eigenvalue weighted by molar-refractivity contribution is -0.138. The third-order valence-electron chi connectivity index (χ3n) is 3.62. The van der Waals surface area contributed by atoms with E-state index in [1.807, 2.05) is 0 Å². The molecule has 2 aliphatic heterocycles. The van der Waals surface area contributed by atoms with Gasteiger partial charge in [-0.3, -0.25) is 19.3 Å². The van der Waals surface area contributed by atoms with Gasteiger partial charge < -0.3 is 10.6 Å². The Morgan fingerprint density at radius 3 is 2.65 bits per heavy atom. The van der Waals surface area contributed by atoms with Gasteiger partial charge in [-0.2, -0.15) is 0 Å². The van der Waals surface area contributed by atoms with Crippen LogP contribution in [-0.4, -0.2) is 54.2 Å². The Labute approximate surface area is 99.7 Å². The van der Waals surface area contributed by atoms with Gasteiger partial charge in [0.25, 0.3) is 0 Å². The molecule has 0 aliphatic carbocycles. The van der Waals surface area contributed by atoms with E-state index in [1.54, 1.807) is 4.90 Å². The number of imide groups is 1. The third kappa shape index (κ3) is 1.93. The zero-order valence-electron chi connectivity index (χ0n) is 9.89. The smallest absolute Gasteiger partial charge is 0.234 e. The van der Waals surface area contributed by atoms with Crippen LogP contribution in [0.4, 0.5) is 0 Å². The lowest BCUT2D eigenvalue weighted by Crippen LogP contribution is -2.45. The first-order chi connectivity index (χ1) is 8.06. The van der Waals surface area contributed by atoms with Crippen molar-refractivity contribution in [3.63, 3.8) is 0 Å². The molecule has 0 aromatic carbocycles. The SMILES string of the molecule is CN1C(=O)C2CCN(C(=O)CCN)CC2C1=O. The average molecular weight is 239 g/mol. The molecular formula is C11H17N3O3. The molecule has 0 bridgehead atoms. The zero-order valence-corrected chi connectivity index (χ0v) is 9.89. The first-order valence-corrected chi connectivity index (χ1v) is 5.85. The monoisotopic (exact) mass is 239 g/mol. The van der Waals surface area contributed by atoms with Crippen molar-refractivity contribution in [1.82, 2.24) is 9.80 Å². The summed E-state index contributed by atoms with van der Waals surface area (Å²) in [6, 6.07) is 0. The number of carbonyl (C=O) groups excluding carboxylic acids is 3. The number of fused-ring (bicyclic) bond motifs is 1. The Kier molecular flexibility index (Phi) is 3.15. The van der Waals surface area contributed by atoms with Crippen molar-refractivity contribution < 1.29 is 14.4 Å². The quantitative estimate of drug-likeness (QED) is 0.613. The van der Waals surface area contributed by atoms with Crippen molar-refractivity contribution in [3.05, 3.63) is 0 Å². The highest BCUT2D eigenvalue weighted by atomic mass is 16.2. The molecule has 2 fully saturated rings. The minimum absolute atomic E-state index is 0.0271. The van der Waals surface area contributed by atoms with Crippen LogP contribution in [0.2, 0.25) is 0 Å². The van der Waals surface area contributed by atoms with Crippen molar-refractivity contribution in [2.24, 2.45) is 17.6 Å². The number of hydrogen-bond acceptors (Lipinski definition) is 4. The molecule has 2 unspecified atom stereocenters. The summed E-state index contributed by atoms with van der Waals surface area (Å²) in [5, 5.41) is 0. The fraction of sp³-hybridized carbons (Fsp3) is 0.727. The van der Waals surface area contributed by atoms with Crippen LogP contribution in [0.1, 0.15) is 12.8 Å². The number of carbonyl (C=O) groups is 3. The normalized spacial score (nSPS) is 28.6. The largest absolute Gasteiger partial charge is 0.342 e. The molecule has 0 saturated carbocycles. The molecule has 6 nitrogen and oxygen atoms in total. The summed E-state index contributed by atoms with van der Waals surface area (Å²) in [6.07, 6.45) is 0.880. The molecule has 17 heavy (non-hydrogen) atoms. The predicted octanol–water partition coefficient (Wildman–Crippen LogP) is -1.20. The van der Waals surface area contributed by atoms with Crippen LogP contribution in [0.15, 0.2) is 0 Å². The fourth-order valence-electron chi connectivity index (χ4n) is 2.61. The van der Waals surface area contributed by atoms with E-state index in [0.29, 0.717) is 32.5 Å². The Balaban J connectivity index is 2.07. The van der Waals surface area contributed by atoms with Crippen molar-refractivity contribution in [2.45, 2.75) is 12.8 Å². The minimum Gasteiger partial charge on any atom is -0.342 e. The molecular weight excluding hydrogens is 222 g/mol. The van der Waals surface area contributed by atoms with E-state index in [-0.39, 0.29) is 29.6 Å². The second kappa shape index (κ2) is 4.44. The Morgan fingerprint density at radius 1 is 1.35 bits per heavy atom. The maximum absolute atomic E-state index is 11.8. The van der Waals surface area contributed by atoms with Crippen molar-refractivity contribution in [1.29, 1.82) is 0 Å². The molecule has 0 spiro atoms. The molecule has 2 N–H and O–H groups in total. The number of nitrogens with two attached hydrogens (primary N) is 1. The Bertz CT molecular complexity index is 369. The second-order valence-electron chi connectivity index (χ2n) is 4.62. The molecule has 6 heteroatoms. The van der Waals surface area contributed by atoms with Crippen LogP contribution < -0.4 is 5.73 Å². The lowest BCUT2D eigenvalue weighted by Gasteiger charge is -2.32. The van der Waals surface area contributed by atoms with Gasteiger partial charge in [-0.05, 0) is 6.42 Å². The van der Waals surface area contributed by atoms with Gasteiger partial charge in [0, 0.05) is 33.1 Å². The molecule has 2 aliphatic rings. The lowest BCUT2D eigenvalue weighted by atomic mass is 9.87. The minimum atomic E-state index is -0.344. The van der Waals surface area contributed by atoms with E-state index in [9.17, 15) is 14.4 Å². The van der Waals surface area contributed by atoms with E-state index in [4.69, 9.17) is 5.73 Å². The first kappa shape index (κ1) is 12.0. The average Bonchev–Trinajstić information content (AvgIpc) is 2.55. The van der Waals surface area contributed by atoms with Gasteiger partial charge in [-0.25, -0.2) is 0 Å². The fourth-order valence-corrected chi connectivity index (χ4v) is 2.61. The highest BCUT2D eigenvalue weighted by Gasteiger charge is 2.48. The number of hydrogen-bond donors (Lipinski definition) is 1. The van der Waals surface area contributed by atoms with Gasteiger partial charge in [0.1, 0.15) is 0 Å². The molecule has 0 aromatic heterocycles. The zero-order chi connectivity index (χ0) is 12.6. The molecule has 2 saturated heterocycles. The van der Waals surface area contributed by atoms with Crippen LogP contribution in [0.5, 0.6) is 0 Å². The standard InChI is InChI=1S/C11H17N3O3/c1-13-10(16)7-3-5-14(9(15)2-4-12)6-8(7)11(13)17/h7-8H,2-6,12H2,1H3. The van der Waals surface area contributed by atoms with Gasteiger partial charge in [0.15, 0.2) is 0 Å². The first-order valence-electron chi connectivity index (χ1n) is 5.85. The summed E-state index contributed by atoms with van der Waals surface area (Å²) >= 11 is 0. The number of rotatable bonds is 2. The van der Waals surface area contributed by atoms with E-state index in [1.165, 1.54) is 11.9 Å². The van der Waals surface area contributed by atoms with Crippen molar-refractivity contribution in [2.75, 3.05) is 26.7 Å². The van der Waals surface area contributed by atoms with Crippen molar-refractivity contribution >= 4 is 17.7 Å². The molecule has 3 amide bonds. The summed E-state index contributed by atoms with van der Waals surface area (Å²) < 4.78 is 0. The Morgan fingerprint density at radius 2 is 2.00 bits per heavy atom. The van der Waals surface area contributed by atoms with Gasteiger partial charge in [0.2, 0.25) is 17.7 Å².